The summed E-state index contributed by atoms with van der Waals surface area (Å²) in [6.45, 7) is 0. The molecule has 3 heterocycles. The molecule has 0 spiro atoms. The highest BCUT2D eigenvalue weighted by molar-refractivity contribution is 6.34. The number of aromatic nitrogens is 2. The summed E-state index contributed by atoms with van der Waals surface area (Å²) in [5.74, 6) is 0.721. The summed E-state index contributed by atoms with van der Waals surface area (Å²) < 4.78 is 5.80. The summed E-state index contributed by atoms with van der Waals surface area (Å²) in [6.07, 6.45) is 3.47. The number of para-hydroxylation sites is 1. The largest absolute Gasteiger partial charge is 0.453 e. The van der Waals surface area contributed by atoms with Gasteiger partial charge in [-0.05, 0) is 18.2 Å². The summed E-state index contributed by atoms with van der Waals surface area (Å²) in [5, 5.41) is 1.64. The van der Waals surface area contributed by atoms with Gasteiger partial charge in [-0.15, -0.1) is 0 Å². The van der Waals surface area contributed by atoms with Gasteiger partial charge in [-0.2, -0.15) is 0 Å². The molecular weight excluding hydrogens is 272 g/mol. The van der Waals surface area contributed by atoms with E-state index in [1.807, 2.05) is 36.4 Å². The Labute approximate surface area is 119 Å². The fraction of sp³-hybridized carbons (Fsp3) is 0. The van der Waals surface area contributed by atoms with E-state index in [1.165, 1.54) is 0 Å². The van der Waals surface area contributed by atoms with Crippen molar-refractivity contribution in [1.29, 1.82) is 0 Å². The van der Waals surface area contributed by atoms with Crippen molar-refractivity contribution in [2.24, 2.45) is 0 Å². The number of nitrogens with zero attached hydrogens (tertiary/aromatic N) is 2. The lowest BCUT2D eigenvalue weighted by molar-refractivity contribution is 0.631. The molecular formula is C16H9ClN2O. The van der Waals surface area contributed by atoms with Gasteiger partial charge in [0.2, 0.25) is 0 Å². The van der Waals surface area contributed by atoms with Gasteiger partial charge in [0.15, 0.2) is 5.58 Å². The highest BCUT2D eigenvalue weighted by Gasteiger charge is 2.10. The minimum absolute atomic E-state index is 0.565. The van der Waals surface area contributed by atoms with Crippen molar-refractivity contribution in [3.8, 4) is 11.3 Å². The van der Waals surface area contributed by atoms with E-state index >= 15 is 0 Å². The van der Waals surface area contributed by atoms with Gasteiger partial charge in [0.05, 0.1) is 10.5 Å². The van der Waals surface area contributed by atoms with Crippen LogP contribution in [0.25, 0.3) is 33.3 Å². The van der Waals surface area contributed by atoms with E-state index < -0.39 is 0 Å². The first-order valence-corrected chi connectivity index (χ1v) is 6.58. The third-order valence-electron chi connectivity index (χ3n) is 3.24. The minimum atomic E-state index is 0.565. The molecule has 0 fully saturated rings. The van der Waals surface area contributed by atoms with Crippen molar-refractivity contribution in [3.63, 3.8) is 0 Å². The molecule has 0 atom stereocenters. The molecule has 4 heteroatoms. The van der Waals surface area contributed by atoms with Gasteiger partial charge in [-0.25, -0.2) is 0 Å². The fourth-order valence-electron chi connectivity index (χ4n) is 2.26. The predicted octanol–water partition coefficient (Wildman–Crippen LogP) is 4.70. The Hall–Kier alpha value is -2.39. The summed E-state index contributed by atoms with van der Waals surface area (Å²) in [6, 6.07) is 13.6. The number of hydrogen-bond donors (Lipinski definition) is 0. The van der Waals surface area contributed by atoms with Crippen LogP contribution in [-0.4, -0.2) is 9.97 Å². The van der Waals surface area contributed by atoms with Crippen LogP contribution in [0.1, 0.15) is 0 Å². The van der Waals surface area contributed by atoms with Gasteiger partial charge in [-0.3, -0.25) is 9.97 Å². The number of pyridine rings is 2. The molecule has 20 heavy (non-hydrogen) atoms. The van der Waals surface area contributed by atoms with Crippen molar-refractivity contribution in [2.75, 3.05) is 0 Å². The van der Waals surface area contributed by atoms with E-state index in [4.69, 9.17) is 16.0 Å². The Bertz CT molecular complexity index is 930. The zero-order chi connectivity index (χ0) is 13.5. The van der Waals surface area contributed by atoms with Gasteiger partial charge in [0.1, 0.15) is 11.3 Å². The number of hydrogen-bond acceptors (Lipinski definition) is 3. The number of furan rings is 1. The number of halogens is 1. The Kier molecular flexibility index (Phi) is 2.47. The molecule has 3 nitrogen and oxygen atoms in total. The predicted molar refractivity (Wildman–Crippen MR) is 79.8 cm³/mol. The Morgan fingerprint density at radius 2 is 1.85 bits per heavy atom. The first kappa shape index (κ1) is 11.4. The van der Waals surface area contributed by atoms with Crippen molar-refractivity contribution < 1.29 is 4.42 Å². The van der Waals surface area contributed by atoms with E-state index in [2.05, 4.69) is 9.97 Å². The summed E-state index contributed by atoms with van der Waals surface area (Å²) in [4.78, 5) is 8.69. The number of benzene rings is 1. The van der Waals surface area contributed by atoms with Crippen LogP contribution >= 0.6 is 11.6 Å². The maximum atomic E-state index is 6.10. The van der Waals surface area contributed by atoms with Gasteiger partial charge < -0.3 is 4.42 Å². The van der Waals surface area contributed by atoms with Crippen LogP contribution in [0.2, 0.25) is 5.02 Å². The van der Waals surface area contributed by atoms with E-state index in [0.29, 0.717) is 10.6 Å². The zero-order valence-electron chi connectivity index (χ0n) is 10.4. The molecule has 0 aliphatic rings. The summed E-state index contributed by atoms with van der Waals surface area (Å²) >= 11 is 6.10. The summed E-state index contributed by atoms with van der Waals surface area (Å²) in [5.41, 5.74) is 3.24. The number of fused-ring (bicyclic) bond motifs is 2. The lowest BCUT2D eigenvalue weighted by Crippen LogP contribution is -1.80. The molecule has 0 aliphatic heterocycles. The first-order valence-electron chi connectivity index (χ1n) is 6.20. The third-order valence-corrected chi connectivity index (χ3v) is 3.54. The Morgan fingerprint density at radius 3 is 2.75 bits per heavy atom. The molecule has 0 unspecified atom stereocenters. The van der Waals surface area contributed by atoms with Crippen LogP contribution in [0.4, 0.5) is 0 Å². The fourth-order valence-corrected chi connectivity index (χ4v) is 2.45. The first-order chi connectivity index (χ1) is 9.81. The van der Waals surface area contributed by atoms with Crippen LogP contribution in [0, 0.1) is 0 Å². The van der Waals surface area contributed by atoms with Crippen molar-refractivity contribution in [1.82, 2.24) is 9.97 Å². The molecule has 96 valence electrons. The molecule has 0 saturated heterocycles. The standard InChI is InChI=1S/C16H9ClN2O/c17-12-5-6-18-14-8-15(20-16(12)14)11-7-10-3-1-2-4-13(10)19-9-11/h1-9H. The van der Waals surface area contributed by atoms with Gasteiger partial charge >= 0.3 is 0 Å². The quantitative estimate of drug-likeness (QED) is 0.507. The Balaban J connectivity index is 1.94. The molecule has 4 rings (SSSR count). The van der Waals surface area contributed by atoms with Crippen LogP contribution in [0.15, 0.2) is 59.3 Å². The average Bonchev–Trinajstić information content (AvgIpc) is 2.92. The summed E-state index contributed by atoms with van der Waals surface area (Å²) in [7, 11) is 0. The number of rotatable bonds is 1. The molecule has 4 aromatic rings. The third kappa shape index (κ3) is 1.75. The second-order valence-corrected chi connectivity index (χ2v) is 4.94. The molecule has 0 saturated carbocycles. The highest BCUT2D eigenvalue weighted by Crippen LogP contribution is 2.31. The lowest BCUT2D eigenvalue weighted by Gasteiger charge is -1.99. The topological polar surface area (TPSA) is 38.9 Å². The molecule has 0 bridgehead atoms. The minimum Gasteiger partial charge on any atom is -0.453 e. The van der Waals surface area contributed by atoms with Crippen molar-refractivity contribution >= 4 is 33.6 Å². The molecule has 0 radical (unpaired) electrons. The van der Waals surface area contributed by atoms with Gasteiger partial charge in [0, 0.05) is 29.4 Å². The second kappa shape index (κ2) is 4.32. The van der Waals surface area contributed by atoms with Crippen LogP contribution in [0.3, 0.4) is 0 Å². The highest BCUT2D eigenvalue weighted by atomic mass is 35.5. The lowest BCUT2D eigenvalue weighted by atomic mass is 10.1. The van der Waals surface area contributed by atoms with Crippen LogP contribution in [0.5, 0.6) is 0 Å². The van der Waals surface area contributed by atoms with E-state index in [0.717, 1.165) is 27.7 Å². The van der Waals surface area contributed by atoms with E-state index in [1.54, 1.807) is 18.5 Å². The maximum absolute atomic E-state index is 6.10. The van der Waals surface area contributed by atoms with Gasteiger partial charge in [0.25, 0.3) is 0 Å². The molecule has 0 aliphatic carbocycles. The SMILES string of the molecule is Clc1ccnc2cc(-c3cnc4ccccc4c3)oc12. The van der Waals surface area contributed by atoms with E-state index in [-0.39, 0.29) is 0 Å². The van der Waals surface area contributed by atoms with E-state index in [9.17, 15) is 0 Å². The molecule has 0 amide bonds. The molecule has 0 N–H and O–H groups in total. The smallest absolute Gasteiger partial charge is 0.171 e. The molecule has 1 aromatic carbocycles. The Morgan fingerprint density at radius 1 is 0.950 bits per heavy atom. The molecule has 3 aromatic heterocycles. The van der Waals surface area contributed by atoms with Crippen LogP contribution < -0.4 is 0 Å². The maximum Gasteiger partial charge on any atom is 0.171 e. The second-order valence-electron chi connectivity index (χ2n) is 4.53. The van der Waals surface area contributed by atoms with Crippen molar-refractivity contribution in [2.45, 2.75) is 0 Å². The van der Waals surface area contributed by atoms with Gasteiger partial charge in [-0.1, -0.05) is 29.8 Å². The van der Waals surface area contributed by atoms with Crippen LogP contribution in [-0.2, 0) is 0 Å². The normalized spacial score (nSPS) is 11.2. The zero-order valence-corrected chi connectivity index (χ0v) is 11.1. The van der Waals surface area contributed by atoms with Crippen molar-refractivity contribution in [3.05, 3.63) is 59.9 Å². The average molecular weight is 281 g/mol. The monoisotopic (exact) mass is 280 g/mol.